The third-order valence-corrected chi connectivity index (χ3v) is 3.38. The van der Waals surface area contributed by atoms with Crippen LogP contribution in [0.1, 0.15) is 42.2 Å². The second-order valence-corrected chi connectivity index (χ2v) is 4.46. The molecule has 3 N–H and O–H groups in total. The number of rotatable bonds is 3. The van der Waals surface area contributed by atoms with Gasteiger partial charge >= 0.3 is 5.97 Å². The van der Waals surface area contributed by atoms with E-state index in [-0.39, 0.29) is 24.2 Å². The Balaban J connectivity index is 2.36. The van der Waals surface area contributed by atoms with Crippen molar-refractivity contribution in [1.29, 1.82) is 0 Å². The zero-order chi connectivity index (χ0) is 12.4. The van der Waals surface area contributed by atoms with E-state index in [1.165, 1.54) is 0 Å². The molecule has 0 aromatic heterocycles. The first kappa shape index (κ1) is 11.6. The molecule has 0 fully saturated rings. The SMILES string of the molecule is NC(=O)C1CCC(CC(=O)O)c2ccccc21. The normalized spacial score (nSPS) is 22.8. The number of carboxylic acid groups (broad SMARTS) is 1. The first-order chi connectivity index (χ1) is 8.09. The number of nitrogens with two attached hydrogens (primary N) is 1. The van der Waals surface area contributed by atoms with Gasteiger partial charge in [0.15, 0.2) is 0 Å². The van der Waals surface area contributed by atoms with Crippen LogP contribution in [-0.2, 0) is 9.59 Å². The van der Waals surface area contributed by atoms with Crippen LogP contribution in [0.15, 0.2) is 24.3 Å². The van der Waals surface area contributed by atoms with Crippen molar-refractivity contribution >= 4 is 11.9 Å². The standard InChI is InChI=1S/C13H15NO3/c14-13(17)11-6-5-8(7-12(15)16)9-3-1-2-4-10(9)11/h1-4,8,11H,5-7H2,(H2,14,17)(H,15,16). The smallest absolute Gasteiger partial charge is 0.303 e. The molecule has 0 bridgehead atoms. The van der Waals surface area contributed by atoms with Crippen molar-refractivity contribution in [3.63, 3.8) is 0 Å². The van der Waals surface area contributed by atoms with Crippen molar-refractivity contribution in [1.82, 2.24) is 0 Å². The largest absolute Gasteiger partial charge is 0.481 e. The second kappa shape index (κ2) is 4.57. The Morgan fingerprint density at radius 2 is 1.88 bits per heavy atom. The summed E-state index contributed by atoms with van der Waals surface area (Å²) in [7, 11) is 0. The third-order valence-electron chi connectivity index (χ3n) is 3.38. The minimum absolute atomic E-state index is 0.000648. The van der Waals surface area contributed by atoms with E-state index in [1.54, 1.807) is 0 Å². The van der Waals surface area contributed by atoms with Crippen LogP contribution in [0.4, 0.5) is 0 Å². The predicted molar refractivity (Wildman–Crippen MR) is 62.6 cm³/mol. The van der Waals surface area contributed by atoms with E-state index < -0.39 is 5.97 Å². The van der Waals surface area contributed by atoms with Gasteiger partial charge in [0.05, 0.1) is 12.3 Å². The summed E-state index contributed by atoms with van der Waals surface area (Å²) in [6, 6.07) is 7.51. The third kappa shape index (κ3) is 2.30. The minimum atomic E-state index is -0.803. The molecule has 0 heterocycles. The molecular weight excluding hydrogens is 218 g/mol. The van der Waals surface area contributed by atoms with Gasteiger partial charge in [-0.1, -0.05) is 24.3 Å². The lowest BCUT2D eigenvalue weighted by molar-refractivity contribution is -0.137. The van der Waals surface area contributed by atoms with Gasteiger partial charge in [0, 0.05) is 0 Å². The Morgan fingerprint density at radius 3 is 2.47 bits per heavy atom. The molecule has 90 valence electrons. The highest BCUT2D eigenvalue weighted by atomic mass is 16.4. The van der Waals surface area contributed by atoms with Crippen molar-refractivity contribution in [2.75, 3.05) is 0 Å². The fourth-order valence-electron chi connectivity index (χ4n) is 2.60. The highest BCUT2D eigenvalue weighted by Crippen LogP contribution is 2.40. The van der Waals surface area contributed by atoms with Crippen molar-refractivity contribution < 1.29 is 14.7 Å². The van der Waals surface area contributed by atoms with E-state index in [2.05, 4.69) is 0 Å². The number of carboxylic acids is 1. The average Bonchev–Trinajstić information content (AvgIpc) is 2.28. The lowest BCUT2D eigenvalue weighted by Gasteiger charge is -2.29. The summed E-state index contributed by atoms with van der Waals surface area (Å²) < 4.78 is 0. The molecule has 0 saturated heterocycles. The molecule has 17 heavy (non-hydrogen) atoms. The van der Waals surface area contributed by atoms with Gasteiger partial charge in [-0.05, 0) is 29.9 Å². The molecule has 1 aromatic carbocycles. The highest BCUT2D eigenvalue weighted by Gasteiger charge is 2.30. The lowest BCUT2D eigenvalue weighted by Crippen LogP contribution is -2.27. The summed E-state index contributed by atoms with van der Waals surface area (Å²) in [5.74, 6) is -1.40. The molecule has 0 radical (unpaired) electrons. The molecule has 2 atom stereocenters. The van der Waals surface area contributed by atoms with Gasteiger partial charge in [0.2, 0.25) is 5.91 Å². The van der Waals surface area contributed by atoms with E-state index in [0.29, 0.717) is 12.8 Å². The van der Waals surface area contributed by atoms with Crippen molar-refractivity contribution in [3.8, 4) is 0 Å². The maximum Gasteiger partial charge on any atom is 0.303 e. The van der Waals surface area contributed by atoms with Crippen molar-refractivity contribution in [2.45, 2.75) is 31.1 Å². The summed E-state index contributed by atoms with van der Waals surface area (Å²) in [6.07, 6.45) is 1.46. The van der Waals surface area contributed by atoms with Gasteiger partial charge in [-0.2, -0.15) is 0 Å². The molecule has 1 aromatic rings. The predicted octanol–water partition coefficient (Wildman–Crippen LogP) is 1.61. The summed E-state index contributed by atoms with van der Waals surface area (Å²) in [5, 5.41) is 8.87. The van der Waals surface area contributed by atoms with E-state index in [4.69, 9.17) is 10.8 Å². The quantitative estimate of drug-likeness (QED) is 0.832. The second-order valence-electron chi connectivity index (χ2n) is 4.46. The van der Waals surface area contributed by atoms with Crippen LogP contribution in [0, 0.1) is 0 Å². The number of amides is 1. The number of carbonyl (C=O) groups is 2. The zero-order valence-corrected chi connectivity index (χ0v) is 9.43. The van der Waals surface area contributed by atoms with Crippen LogP contribution in [0.25, 0.3) is 0 Å². The number of hydrogen-bond acceptors (Lipinski definition) is 2. The number of fused-ring (bicyclic) bond motifs is 1. The molecule has 4 heteroatoms. The Hall–Kier alpha value is -1.84. The van der Waals surface area contributed by atoms with Crippen molar-refractivity contribution in [3.05, 3.63) is 35.4 Å². The van der Waals surface area contributed by atoms with Crippen LogP contribution in [-0.4, -0.2) is 17.0 Å². The Morgan fingerprint density at radius 1 is 1.24 bits per heavy atom. The molecule has 0 aliphatic heterocycles. The molecular formula is C13H15NO3. The average molecular weight is 233 g/mol. The summed E-state index contributed by atoms with van der Waals surface area (Å²) in [4.78, 5) is 22.2. The van der Waals surface area contributed by atoms with Crippen LogP contribution >= 0.6 is 0 Å². The first-order valence-corrected chi connectivity index (χ1v) is 5.69. The summed E-state index contributed by atoms with van der Waals surface area (Å²) >= 11 is 0. The maximum absolute atomic E-state index is 11.4. The molecule has 4 nitrogen and oxygen atoms in total. The van der Waals surface area contributed by atoms with Gasteiger partial charge in [-0.3, -0.25) is 9.59 Å². The van der Waals surface area contributed by atoms with Gasteiger partial charge in [-0.25, -0.2) is 0 Å². The van der Waals surface area contributed by atoms with Gasteiger partial charge in [0.25, 0.3) is 0 Å². The van der Waals surface area contributed by atoms with Crippen LogP contribution in [0.5, 0.6) is 0 Å². The number of hydrogen-bond donors (Lipinski definition) is 2. The van der Waals surface area contributed by atoms with Crippen molar-refractivity contribution in [2.24, 2.45) is 5.73 Å². The molecule has 1 aliphatic carbocycles. The number of aliphatic carboxylic acids is 1. The van der Waals surface area contributed by atoms with E-state index in [9.17, 15) is 9.59 Å². The maximum atomic E-state index is 11.4. The lowest BCUT2D eigenvalue weighted by atomic mass is 9.75. The molecule has 1 aliphatic rings. The Labute approximate surface area is 99.4 Å². The van der Waals surface area contributed by atoms with E-state index in [1.807, 2.05) is 24.3 Å². The Kier molecular flexibility index (Phi) is 3.13. The van der Waals surface area contributed by atoms with Gasteiger partial charge in [0.1, 0.15) is 0 Å². The topological polar surface area (TPSA) is 80.4 Å². The van der Waals surface area contributed by atoms with Gasteiger partial charge < -0.3 is 10.8 Å². The fraction of sp³-hybridized carbons (Fsp3) is 0.385. The van der Waals surface area contributed by atoms with Crippen LogP contribution < -0.4 is 5.73 Å². The number of benzene rings is 1. The molecule has 0 spiro atoms. The summed E-state index contributed by atoms with van der Waals surface area (Å²) in [6.45, 7) is 0. The van der Waals surface area contributed by atoms with E-state index >= 15 is 0 Å². The zero-order valence-electron chi connectivity index (χ0n) is 9.43. The summed E-state index contributed by atoms with van der Waals surface area (Å²) in [5.41, 5.74) is 7.24. The van der Waals surface area contributed by atoms with Gasteiger partial charge in [-0.15, -0.1) is 0 Å². The Bertz CT molecular complexity index is 456. The monoisotopic (exact) mass is 233 g/mol. The van der Waals surface area contributed by atoms with Crippen LogP contribution in [0.3, 0.4) is 0 Å². The molecule has 0 saturated carbocycles. The van der Waals surface area contributed by atoms with Crippen LogP contribution in [0.2, 0.25) is 0 Å². The number of carbonyl (C=O) groups excluding carboxylic acids is 1. The highest BCUT2D eigenvalue weighted by molar-refractivity contribution is 5.83. The number of primary amides is 1. The first-order valence-electron chi connectivity index (χ1n) is 5.69. The molecule has 2 unspecified atom stereocenters. The van der Waals surface area contributed by atoms with E-state index in [0.717, 1.165) is 11.1 Å². The fourth-order valence-corrected chi connectivity index (χ4v) is 2.60. The minimum Gasteiger partial charge on any atom is -0.481 e. The molecule has 1 amide bonds. The molecule has 2 rings (SSSR count).